The molecule has 0 saturated carbocycles. The second-order valence-electron chi connectivity index (χ2n) is 8.37. The van der Waals surface area contributed by atoms with Gasteiger partial charge in [-0.25, -0.2) is 0 Å². The van der Waals surface area contributed by atoms with Gasteiger partial charge >= 0.3 is 0 Å². The van der Waals surface area contributed by atoms with Gasteiger partial charge in [0.15, 0.2) is 0 Å². The molecule has 0 aromatic heterocycles. The van der Waals surface area contributed by atoms with Gasteiger partial charge in [-0.05, 0) is 81.8 Å². The molecule has 0 saturated heterocycles. The van der Waals surface area contributed by atoms with Crippen LogP contribution in [0, 0.1) is 5.92 Å². The van der Waals surface area contributed by atoms with Crippen LogP contribution in [0.15, 0.2) is 35.9 Å². The highest BCUT2D eigenvalue weighted by molar-refractivity contribution is 9.09. The summed E-state index contributed by atoms with van der Waals surface area (Å²) in [7, 11) is 0. The second-order valence-corrected chi connectivity index (χ2v) is 9.54. The summed E-state index contributed by atoms with van der Waals surface area (Å²) in [4.78, 5) is 0. The molecule has 1 aromatic carbocycles. The van der Waals surface area contributed by atoms with Crippen molar-refractivity contribution in [2.45, 2.75) is 71.6 Å². The van der Waals surface area contributed by atoms with Gasteiger partial charge in [0, 0.05) is 23.4 Å². The number of rotatable bonds is 10. The number of aryl methyl sites for hydroxylation is 1. The lowest BCUT2D eigenvalue weighted by Gasteiger charge is -2.32. The molecule has 0 unspecified atom stereocenters. The number of hydrogen-bond acceptors (Lipinski definition) is 3. The Bertz CT molecular complexity index is 775. The van der Waals surface area contributed by atoms with Crippen LogP contribution < -0.4 is 10.1 Å². The number of phenolic OH excluding ortho intramolecular Hbond substituents is 1. The molecule has 2 rings (SSSR count). The lowest BCUT2D eigenvalue weighted by molar-refractivity contribution is 0.420. The molecular weight excluding hydrogens is 458 g/mol. The molecule has 0 bridgehead atoms. The SMILES string of the molecule is C=C(C)[C@@H]1CCC(C)=C[C@H]1c1c(O)cc(CCCCC)cc1OC(=S)NCCCBr. The number of nitrogens with one attached hydrogen (secondary N) is 1. The van der Waals surface area contributed by atoms with Gasteiger partial charge in [-0.15, -0.1) is 0 Å². The number of aromatic hydroxyl groups is 1. The fourth-order valence-corrected chi connectivity index (χ4v) is 4.58. The van der Waals surface area contributed by atoms with E-state index in [1.165, 1.54) is 18.4 Å². The molecule has 1 aliphatic carbocycles. The van der Waals surface area contributed by atoms with E-state index in [2.05, 4.69) is 60.7 Å². The van der Waals surface area contributed by atoms with E-state index in [0.717, 1.165) is 60.7 Å². The maximum Gasteiger partial charge on any atom is 0.262 e. The van der Waals surface area contributed by atoms with Gasteiger partial charge in [0.05, 0.1) is 0 Å². The van der Waals surface area contributed by atoms with Gasteiger partial charge in [-0.1, -0.05) is 59.5 Å². The Morgan fingerprint density at radius 2 is 2.10 bits per heavy atom. The Hall–Kier alpha value is -1.33. The van der Waals surface area contributed by atoms with Crippen LogP contribution in [0.5, 0.6) is 11.5 Å². The topological polar surface area (TPSA) is 41.5 Å². The van der Waals surface area contributed by atoms with E-state index in [1.54, 1.807) is 0 Å². The third-order valence-electron chi connectivity index (χ3n) is 5.74. The summed E-state index contributed by atoms with van der Waals surface area (Å²) in [5, 5.41) is 15.5. The number of thiocarbonyl (C=S) groups is 1. The quantitative estimate of drug-likeness (QED) is 0.157. The molecular formula is C25H36BrNO2S. The molecule has 0 radical (unpaired) electrons. The van der Waals surface area contributed by atoms with Crippen LogP contribution in [-0.4, -0.2) is 22.2 Å². The highest BCUT2D eigenvalue weighted by Crippen LogP contribution is 2.47. The number of benzene rings is 1. The fourth-order valence-electron chi connectivity index (χ4n) is 4.11. The minimum atomic E-state index is 0.0429. The van der Waals surface area contributed by atoms with Crippen LogP contribution in [0.3, 0.4) is 0 Å². The van der Waals surface area contributed by atoms with Crippen LogP contribution in [0.1, 0.15) is 76.3 Å². The summed E-state index contributed by atoms with van der Waals surface area (Å²) in [6.45, 7) is 11.4. The molecule has 3 nitrogen and oxygen atoms in total. The normalized spacial score (nSPS) is 18.6. The molecule has 1 aliphatic rings. The molecule has 0 heterocycles. The summed E-state index contributed by atoms with van der Waals surface area (Å²) >= 11 is 8.88. The molecule has 2 atom stereocenters. The highest BCUT2D eigenvalue weighted by atomic mass is 79.9. The Morgan fingerprint density at radius 1 is 1.33 bits per heavy atom. The maximum atomic E-state index is 11.1. The number of ether oxygens (including phenoxy) is 1. The molecule has 0 amide bonds. The Labute approximate surface area is 196 Å². The zero-order valence-electron chi connectivity index (χ0n) is 18.6. The average Bonchev–Trinajstić information content (AvgIpc) is 2.68. The van der Waals surface area contributed by atoms with Gasteiger partial charge in [0.2, 0.25) is 0 Å². The van der Waals surface area contributed by atoms with Crippen LogP contribution >= 0.6 is 28.1 Å². The summed E-state index contributed by atoms with van der Waals surface area (Å²) in [6.07, 6.45) is 9.68. The van der Waals surface area contributed by atoms with Crippen LogP contribution in [0.25, 0.3) is 0 Å². The predicted molar refractivity (Wildman–Crippen MR) is 135 cm³/mol. The predicted octanol–water partition coefficient (Wildman–Crippen LogP) is 7.18. The van der Waals surface area contributed by atoms with Crippen molar-refractivity contribution in [2.75, 3.05) is 11.9 Å². The number of allylic oxidation sites excluding steroid dienone is 3. The first-order valence-electron chi connectivity index (χ1n) is 11.1. The van der Waals surface area contributed by atoms with Crippen LogP contribution in [-0.2, 0) is 6.42 Å². The standard InChI is InChI=1S/C25H36BrNO2S/c1-5-6-7-9-19-15-22(28)24(21-14-18(4)10-11-20(21)17(2)3)23(16-19)29-25(30)27-13-8-12-26/h14-16,20-21,28H,2,5-13H2,1,3-4H3,(H,27,30)/t20-,21+/m0/s1. The second kappa shape index (κ2) is 12.5. The van der Waals surface area contributed by atoms with E-state index in [-0.39, 0.29) is 11.8 Å². The lowest BCUT2D eigenvalue weighted by atomic mass is 9.73. The largest absolute Gasteiger partial charge is 0.507 e. The first-order valence-corrected chi connectivity index (χ1v) is 12.6. The smallest absolute Gasteiger partial charge is 0.262 e. The minimum Gasteiger partial charge on any atom is -0.507 e. The Balaban J connectivity index is 2.41. The van der Waals surface area contributed by atoms with Crippen molar-refractivity contribution in [3.63, 3.8) is 0 Å². The lowest BCUT2D eigenvalue weighted by Crippen LogP contribution is -2.28. The van der Waals surface area contributed by atoms with Crippen LogP contribution in [0.2, 0.25) is 0 Å². The number of unbranched alkanes of at least 4 members (excludes halogenated alkanes) is 2. The molecule has 5 heteroatoms. The number of halogens is 1. The monoisotopic (exact) mass is 493 g/mol. The molecule has 166 valence electrons. The fraction of sp³-hybridized carbons (Fsp3) is 0.560. The highest BCUT2D eigenvalue weighted by Gasteiger charge is 2.31. The Morgan fingerprint density at radius 3 is 2.77 bits per heavy atom. The maximum absolute atomic E-state index is 11.1. The molecule has 0 aliphatic heterocycles. The van der Waals surface area contributed by atoms with E-state index in [1.807, 2.05) is 6.07 Å². The number of alkyl halides is 1. The van der Waals surface area contributed by atoms with E-state index in [0.29, 0.717) is 16.7 Å². The van der Waals surface area contributed by atoms with Crippen molar-refractivity contribution >= 4 is 33.3 Å². The molecule has 2 N–H and O–H groups in total. The van der Waals surface area contributed by atoms with Gasteiger partial charge in [-0.3, -0.25) is 0 Å². The van der Waals surface area contributed by atoms with Crippen molar-refractivity contribution in [2.24, 2.45) is 5.92 Å². The zero-order valence-corrected chi connectivity index (χ0v) is 21.0. The summed E-state index contributed by atoms with van der Waals surface area (Å²) in [6, 6.07) is 3.98. The van der Waals surface area contributed by atoms with Gasteiger partial charge < -0.3 is 15.2 Å². The van der Waals surface area contributed by atoms with E-state index < -0.39 is 0 Å². The van der Waals surface area contributed by atoms with Gasteiger partial charge in [0.25, 0.3) is 5.17 Å². The molecule has 0 spiro atoms. The average molecular weight is 495 g/mol. The summed E-state index contributed by atoms with van der Waals surface area (Å²) in [5.74, 6) is 1.29. The van der Waals surface area contributed by atoms with E-state index in [4.69, 9.17) is 17.0 Å². The molecule has 0 fully saturated rings. The number of hydrogen-bond donors (Lipinski definition) is 2. The third kappa shape index (κ3) is 7.12. The van der Waals surface area contributed by atoms with E-state index in [9.17, 15) is 5.11 Å². The third-order valence-corrected chi connectivity index (χ3v) is 6.53. The van der Waals surface area contributed by atoms with Crippen molar-refractivity contribution < 1.29 is 9.84 Å². The van der Waals surface area contributed by atoms with Crippen molar-refractivity contribution in [1.82, 2.24) is 5.32 Å². The first-order chi connectivity index (χ1) is 14.4. The first kappa shape index (κ1) is 24.9. The minimum absolute atomic E-state index is 0.0429. The molecule has 30 heavy (non-hydrogen) atoms. The van der Waals surface area contributed by atoms with Crippen molar-refractivity contribution in [3.8, 4) is 11.5 Å². The zero-order chi connectivity index (χ0) is 22.1. The number of phenols is 1. The van der Waals surface area contributed by atoms with Crippen molar-refractivity contribution in [3.05, 3.63) is 47.1 Å². The Kier molecular flexibility index (Phi) is 10.4. The van der Waals surface area contributed by atoms with Gasteiger partial charge in [0.1, 0.15) is 11.5 Å². The van der Waals surface area contributed by atoms with Gasteiger partial charge in [-0.2, -0.15) is 0 Å². The van der Waals surface area contributed by atoms with Crippen LogP contribution in [0.4, 0.5) is 0 Å². The van der Waals surface area contributed by atoms with E-state index >= 15 is 0 Å². The van der Waals surface area contributed by atoms with Crippen molar-refractivity contribution in [1.29, 1.82) is 0 Å². The summed E-state index contributed by atoms with van der Waals surface area (Å²) < 4.78 is 6.12. The molecule has 1 aromatic rings. The summed E-state index contributed by atoms with van der Waals surface area (Å²) in [5.41, 5.74) is 4.39.